The molecule has 0 aliphatic heterocycles. The first-order valence-corrected chi connectivity index (χ1v) is 7.70. The van der Waals surface area contributed by atoms with Gasteiger partial charge in [0.05, 0.1) is 5.37 Å². The van der Waals surface area contributed by atoms with E-state index in [1.165, 1.54) is 10.6 Å². The van der Waals surface area contributed by atoms with Gasteiger partial charge in [-0.05, 0) is 50.2 Å². The third-order valence-corrected chi connectivity index (χ3v) is 4.38. The van der Waals surface area contributed by atoms with E-state index < -0.39 is 0 Å². The molecule has 1 nitrogen and oxygen atoms in total. The molecule has 0 aliphatic rings. The summed E-state index contributed by atoms with van der Waals surface area (Å²) in [7, 11) is 0. The highest BCUT2D eigenvalue weighted by atomic mass is 35.5. The Morgan fingerprint density at radius 2 is 1.68 bits per heavy atom. The highest BCUT2D eigenvalue weighted by Gasteiger charge is 2.13. The predicted molar refractivity (Wildman–Crippen MR) is 86.2 cm³/mol. The van der Waals surface area contributed by atoms with Gasteiger partial charge in [-0.3, -0.25) is 0 Å². The van der Waals surface area contributed by atoms with E-state index in [4.69, 9.17) is 11.6 Å². The minimum atomic E-state index is 0.383. The maximum Gasteiger partial charge on any atom is 0.0768 e. The normalized spacial score (nSPS) is 12.2. The summed E-state index contributed by atoms with van der Waals surface area (Å²) in [4.78, 5) is 3.63. The van der Waals surface area contributed by atoms with Gasteiger partial charge in [0.1, 0.15) is 0 Å². The number of nitrogens with zero attached hydrogens (tertiary/aromatic N) is 1. The monoisotopic (exact) mass is 291 g/mol. The first-order chi connectivity index (χ1) is 9.20. The zero-order valence-corrected chi connectivity index (χ0v) is 12.8. The Balaban J connectivity index is 2.09. The molecule has 2 aromatic carbocycles. The van der Waals surface area contributed by atoms with Crippen molar-refractivity contribution in [3.8, 4) is 0 Å². The molecule has 1 atom stereocenters. The molecule has 0 N–H and O–H groups in total. The van der Waals surface area contributed by atoms with Crippen LogP contribution in [0.15, 0.2) is 59.5 Å². The molecule has 0 aromatic heterocycles. The Morgan fingerprint density at radius 1 is 1.05 bits per heavy atom. The second-order valence-corrected chi connectivity index (χ2v) is 6.12. The second kappa shape index (κ2) is 6.88. The molecule has 0 aliphatic carbocycles. The van der Waals surface area contributed by atoms with Gasteiger partial charge in [0.15, 0.2) is 0 Å². The van der Waals surface area contributed by atoms with Gasteiger partial charge >= 0.3 is 0 Å². The van der Waals surface area contributed by atoms with Gasteiger partial charge in [0.25, 0.3) is 0 Å². The van der Waals surface area contributed by atoms with Crippen LogP contribution in [0, 0.1) is 0 Å². The summed E-state index contributed by atoms with van der Waals surface area (Å²) >= 11 is 7.76. The smallest absolute Gasteiger partial charge is 0.0768 e. The van der Waals surface area contributed by atoms with Crippen LogP contribution in [0.2, 0.25) is 5.02 Å². The van der Waals surface area contributed by atoms with Crippen molar-refractivity contribution in [1.29, 1.82) is 0 Å². The maximum atomic E-state index is 5.91. The molecule has 100 valence electrons. The van der Waals surface area contributed by atoms with Gasteiger partial charge in [-0.15, -0.1) is 11.8 Å². The molecule has 0 radical (unpaired) electrons. The summed E-state index contributed by atoms with van der Waals surface area (Å²) in [5, 5.41) is 1.17. The fraction of sp³-hybridized carbons (Fsp3) is 0.250. The van der Waals surface area contributed by atoms with Crippen molar-refractivity contribution in [1.82, 2.24) is 0 Å². The predicted octanol–water partition coefficient (Wildman–Crippen LogP) is 5.30. The van der Waals surface area contributed by atoms with Crippen LogP contribution >= 0.6 is 23.4 Å². The molecule has 0 spiro atoms. The largest absolute Gasteiger partial charge is 0.360 e. The van der Waals surface area contributed by atoms with Crippen molar-refractivity contribution in [2.75, 3.05) is 11.4 Å². The summed E-state index contributed by atoms with van der Waals surface area (Å²) in [6.45, 7) is 5.41. The molecule has 0 saturated heterocycles. The van der Waals surface area contributed by atoms with Crippen LogP contribution in [-0.2, 0) is 0 Å². The van der Waals surface area contributed by atoms with Crippen molar-refractivity contribution in [2.24, 2.45) is 0 Å². The first kappa shape index (κ1) is 14.3. The highest BCUT2D eigenvalue weighted by Crippen LogP contribution is 2.29. The number of hydrogen-bond acceptors (Lipinski definition) is 2. The van der Waals surface area contributed by atoms with Gasteiger partial charge in [0.2, 0.25) is 0 Å². The third kappa shape index (κ3) is 3.92. The summed E-state index contributed by atoms with van der Waals surface area (Å²) in [6, 6.07) is 18.5. The van der Waals surface area contributed by atoms with Crippen LogP contribution in [0.4, 0.5) is 5.69 Å². The Bertz CT molecular complexity index is 498. The van der Waals surface area contributed by atoms with Crippen LogP contribution < -0.4 is 4.90 Å². The van der Waals surface area contributed by atoms with E-state index in [2.05, 4.69) is 55.1 Å². The van der Waals surface area contributed by atoms with Gasteiger partial charge in [0, 0.05) is 22.2 Å². The van der Waals surface area contributed by atoms with Crippen LogP contribution in [0.5, 0.6) is 0 Å². The molecule has 1 unspecified atom stereocenters. The molecule has 0 heterocycles. The van der Waals surface area contributed by atoms with Gasteiger partial charge in [-0.1, -0.05) is 29.8 Å². The molecule has 0 saturated carbocycles. The van der Waals surface area contributed by atoms with E-state index in [0.717, 1.165) is 11.6 Å². The Kier molecular flexibility index (Phi) is 5.17. The van der Waals surface area contributed by atoms with Crippen molar-refractivity contribution >= 4 is 29.1 Å². The van der Waals surface area contributed by atoms with Crippen molar-refractivity contribution in [2.45, 2.75) is 24.1 Å². The standard InChI is InChI=1S/C16H18ClNS/c1-3-18(15-7-5-4-6-8-15)13(2)19-16-11-9-14(17)10-12-16/h4-13H,3H2,1-2H3. The summed E-state index contributed by atoms with van der Waals surface area (Å²) in [6.07, 6.45) is 0. The van der Waals surface area contributed by atoms with Crippen molar-refractivity contribution in [3.05, 3.63) is 59.6 Å². The van der Waals surface area contributed by atoms with E-state index >= 15 is 0 Å². The van der Waals surface area contributed by atoms with Gasteiger partial charge in [-0.25, -0.2) is 0 Å². The van der Waals surface area contributed by atoms with E-state index in [9.17, 15) is 0 Å². The average molecular weight is 292 g/mol. The minimum Gasteiger partial charge on any atom is -0.360 e. The number of para-hydroxylation sites is 1. The molecular formula is C16H18ClNS. The van der Waals surface area contributed by atoms with Crippen molar-refractivity contribution < 1.29 is 0 Å². The maximum absolute atomic E-state index is 5.91. The molecule has 0 amide bonds. The van der Waals surface area contributed by atoms with E-state index in [1.54, 1.807) is 0 Å². The lowest BCUT2D eigenvalue weighted by atomic mass is 10.3. The minimum absolute atomic E-state index is 0.383. The number of anilines is 1. The number of thioether (sulfide) groups is 1. The Morgan fingerprint density at radius 3 is 2.26 bits per heavy atom. The average Bonchev–Trinajstić information content (AvgIpc) is 2.43. The van der Waals surface area contributed by atoms with Gasteiger partial charge < -0.3 is 4.90 Å². The van der Waals surface area contributed by atoms with Gasteiger partial charge in [-0.2, -0.15) is 0 Å². The molecule has 0 bridgehead atoms. The number of hydrogen-bond donors (Lipinski definition) is 0. The molecule has 2 rings (SSSR count). The molecular weight excluding hydrogens is 274 g/mol. The van der Waals surface area contributed by atoms with Crippen LogP contribution in [-0.4, -0.2) is 11.9 Å². The summed E-state index contributed by atoms with van der Waals surface area (Å²) in [5.74, 6) is 0. The summed E-state index contributed by atoms with van der Waals surface area (Å²) in [5.41, 5.74) is 1.26. The molecule has 2 aromatic rings. The quantitative estimate of drug-likeness (QED) is 0.543. The van der Waals surface area contributed by atoms with E-state index in [0.29, 0.717) is 5.37 Å². The zero-order valence-electron chi connectivity index (χ0n) is 11.2. The third-order valence-electron chi connectivity index (χ3n) is 2.99. The fourth-order valence-electron chi connectivity index (χ4n) is 2.04. The lowest BCUT2D eigenvalue weighted by molar-refractivity contribution is 0.822. The molecule has 19 heavy (non-hydrogen) atoms. The van der Waals surface area contributed by atoms with E-state index in [1.807, 2.05) is 30.0 Å². The Labute approximate surface area is 124 Å². The second-order valence-electron chi connectivity index (χ2n) is 4.29. The van der Waals surface area contributed by atoms with Crippen LogP contribution in [0.3, 0.4) is 0 Å². The summed E-state index contributed by atoms with van der Waals surface area (Å²) < 4.78 is 0. The van der Waals surface area contributed by atoms with Crippen LogP contribution in [0.25, 0.3) is 0 Å². The number of halogens is 1. The number of benzene rings is 2. The Hall–Kier alpha value is -1.12. The number of rotatable bonds is 5. The lowest BCUT2D eigenvalue weighted by Crippen LogP contribution is -2.30. The van der Waals surface area contributed by atoms with Crippen LogP contribution in [0.1, 0.15) is 13.8 Å². The fourth-order valence-corrected chi connectivity index (χ4v) is 3.25. The molecule has 0 fully saturated rings. The highest BCUT2D eigenvalue weighted by molar-refractivity contribution is 8.00. The van der Waals surface area contributed by atoms with Crippen molar-refractivity contribution in [3.63, 3.8) is 0 Å². The zero-order chi connectivity index (χ0) is 13.7. The lowest BCUT2D eigenvalue weighted by Gasteiger charge is -2.29. The molecule has 3 heteroatoms. The first-order valence-electron chi connectivity index (χ1n) is 6.44. The SMILES string of the molecule is CCN(c1ccccc1)C(C)Sc1ccc(Cl)cc1. The topological polar surface area (TPSA) is 3.24 Å². The van der Waals surface area contributed by atoms with E-state index in [-0.39, 0.29) is 0 Å².